The molecular formula is C22H26N4O2S. The Hall–Kier alpha value is -2.54. The molecule has 1 aliphatic carbocycles. The first-order valence-corrected chi connectivity index (χ1v) is 11.1. The fourth-order valence-electron chi connectivity index (χ4n) is 3.74. The lowest BCUT2D eigenvalue weighted by molar-refractivity contribution is -0.120. The number of benzene rings is 1. The molecule has 3 aromatic rings. The monoisotopic (exact) mass is 410 g/mol. The third-order valence-electron chi connectivity index (χ3n) is 5.31. The number of rotatable bonds is 7. The van der Waals surface area contributed by atoms with Gasteiger partial charge < -0.3 is 9.73 Å². The highest BCUT2D eigenvalue weighted by molar-refractivity contribution is 8.00. The van der Waals surface area contributed by atoms with Gasteiger partial charge in [0.2, 0.25) is 11.7 Å². The van der Waals surface area contributed by atoms with Crippen LogP contribution >= 0.6 is 11.8 Å². The second-order valence-corrected chi connectivity index (χ2v) is 8.72. The van der Waals surface area contributed by atoms with E-state index in [4.69, 9.17) is 4.42 Å². The summed E-state index contributed by atoms with van der Waals surface area (Å²) in [7, 11) is 0. The minimum atomic E-state index is -0.269. The zero-order valence-electron chi connectivity index (χ0n) is 16.6. The van der Waals surface area contributed by atoms with Crippen molar-refractivity contribution in [2.75, 3.05) is 0 Å². The third-order valence-corrected chi connectivity index (χ3v) is 6.36. The summed E-state index contributed by atoms with van der Waals surface area (Å²) in [6.07, 6.45) is 7.55. The van der Waals surface area contributed by atoms with Crippen LogP contribution in [0.3, 0.4) is 0 Å². The van der Waals surface area contributed by atoms with E-state index in [0.29, 0.717) is 12.6 Å². The zero-order chi connectivity index (χ0) is 20.1. The second kappa shape index (κ2) is 9.31. The largest absolute Gasteiger partial charge is 0.461 e. The lowest BCUT2D eigenvalue weighted by Crippen LogP contribution is -2.30. The van der Waals surface area contributed by atoms with Crippen molar-refractivity contribution in [1.29, 1.82) is 0 Å². The predicted octanol–water partition coefficient (Wildman–Crippen LogP) is 4.84. The lowest BCUT2D eigenvalue weighted by Gasteiger charge is -2.25. The Morgan fingerprint density at radius 1 is 1.17 bits per heavy atom. The van der Waals surface area contributed by atoms with Gasteiger partial charge in [-0.05, 0) is 37.5 Å². The maximum Gasteiger partial charge on any atom is 0.233 e. The van der Waals surface area contributed by atoms with E-state index in [9.17, 15) is 4.79 Å². The minimum absolute atomic E-state index is 0.00315. The van der Waals surface area contributed by atoms with Gasteiger partial charge in [-0.15, -0.1) is 10.2 Å². The quantitative estimate of drug-likeness (QED) is 0.564. The fourth-order valence-corrected chi connectivity index (χ4v) is 4.68. The number of carbonyl (C=O) groups is 1. The SMILES string of the molecule is C[C@H](Sc1nnc(-c2ccco2)n1C1CCCCC1)C(=O)NCc1ccccc1. The van der Waals surface area contributed by atoms with Crippen molar-refractivity contribution in [3.8, 4) is 11.6 Å². The summed E-state index contributed by atoms with van der Waals surface area (Å²) >= 11 is 1.46. The van der Waals surface area contributed by atoms with Crippen LogP contribution in [0, 0.1) is 0 Å². The summed E-state index contributed by atoms with van der Waals surface area (Å²) < 4.78 is 7.78. The van der Waals surface area contributed by atoms with Gasteiger partial charge in [0.05, 0.1) is 11.5 Å². The maximum atomic E-state index is 12.6. The van der Waals surface area contributed by atoms with E-state index in [1.165, 1.54) is 31.0 Å². The van der Waals surface area contributed by atoms with Gasteiger partial charge in [-0.3, -0.25) is 9.36 Å². The molecule has 6 nitrogen and oxygen atoms in total. The summed E-state index contributed by atoms with van der Waals surface area (Å²) in [5.41, 5.74) is 1.09. The molecule has 1 saturated carbocycles. The van der Waals surface area contributed by atoms with E-state index < -0.39 is 0 Å². The number of amides is 1. The van der Waals surface area contributed by atoms with E-state index >= 15 is 0 Å². The summed E-state index contributed by atoms with van der Waals surface area (Å²) in [4.78, 5) is 12.6. The van der Waals surface area contributed by atoms with Crippen LogP contribution in [-0.2, 0) is 11.3 Å². The topological polar surface area (TPSA) is 73.0 Å². The van der Waals surface area contributed by atoms with Gasteiger partial charge in [0.25, 0.3) is 0 Å². The molecule has 1 N–H and O–H groups in total. The van der Waals surface area contributed by atoms with Crippen LogP contribution in [-0.4, -0.2) is 25.9 Å². The van der Waals surface area contributed by atoms with Crippen LogP contribution in [0.15, 0.2) is 58.3 Å². The summed E-state index contributed by atoms with van der Waals surface area (Å²) in [6, 6.07) is 14.1. The molecule has 2 aromatic heterocycles. The van der Waals surface area contributed by atoms with E-state index in [1.54, 1.807) is 6.26 Å². The van der Waals surface area contributed by atoms with Gasteiger partial charge >= 0.3 is 0 Å². The molecule has 29 heavy (non-hydrogen) atoms. The molecule has 7 heteroatoms. The summed E-state index contributed by atoms with van der Waals surface area (Å²) in [5, 5.41) is 12.4. The number of thioether (sulfide) groups is 1. The Morgan fingerprint density at radius 3 is 2.69 bits per heavy atom. The normalized spacial score (nSPS) is 15.9. The molecular weight excluding hydrogens is 384 g/mol. The van der Waals surface area contributed by atoms with E-state index in [2.05, 4.69) is 20.1 Å². The van der Waals surface area contributed by atoms with Crippen molar-refractivity contribution < 1.29 is 9.21 Å². The van der Waals surface area contributed by atoms with Gasteiger partial charge in [-0.1, -0.05) is 61.4 Å². The van der Waals surface area contributed by atoms with Crippen LogP contribution in [0.2, 0.25) is 0 Å². The molecule has 0 bridgehead atoms. The number of hydrogen-bond donors (Lipinski definition) is 1. The lowest BCUT2D eigenvalue weighted by atomic mass is 9.95. The molecule has 1 aliphatic rings. The molecule has 2 heterocycles. The molecule has 152 valence electrons. The Bertz CT molecular complexity index is 918. The van der Waals surface area contributed by atoms with Gasteiger partial charge in [-0.2, -0.15) is 0 Å². The molecule has 1 aromatic carbocycles. The van der Waals surface area contributed by atoms with Crippen molar-refractivity contribution in [2.45, 2.75) is 62.0 Å². The number of nitrogens with zero attached hydrogens (tertiary/aromatic N) is 3. The number of nitrogens with one attached hydrogen (secondary N) is 1. The number of furan rings is 1. The Balaban J connectivity index is 1.49. The van der Waals surface area contributed by atoms with Gasteiger partial charge in [0.15, 0.2) is 10.9 Å². The number of carbonyl (C=O) groups excluding carboxylic acids is 1. The Morgan fingerprint density at radius 2 is 1.97 bits per heavy atom. The molecule has 1 amide bonds. The smallest absolute Gasteiger partial charge is 0.233 e. The molecule has 1 atom stereocenters. The first kappa shape index (κ1) is 19.8. The Labute approximate surface area is 175 Å². The van der Waals surface area contributed by atoms with Crippen LogP contribution in [0.25, 0.3) is 11.6 Å². The maximum absolute atomic E-state index is 12.6. The van der Waals surface area contributed by atoms with Gasteiger partial charge in [0.1, 0.15) is 0 Å². The summed E-state index contributed by atoms with van der Waals surface area (Å²) in [6.45, 7) is 2.44. The molecule has 0 saturated heterocycles. The zero-order valence-corrected chi connectivity index (χ0v) is 17.4. The molecule has 0 aliphatic heterocycles. The number of hydrogen-bond acceptors (Lipinski definition) is 5. The highest BCUT2D eigenvalue weighted by Gasteiger charge is 2.27. The van der Waals surface area contributed by atoms with Crippen molar-refractivity contribution in [2.24, 2.45) is 0 Å². The van der Waals surface area contributed by atoms with Crippen LogP contribution < -0.4 is 5.32 Å². The van der Waals surface area contributed by atoms with E-state index in [0.717, 1.165) is 35.1 Å². The summed E-state index contributed by atoms with van der Waals surface area (Å²) in [5.74, 6) is 1.47. The average Bonchev–Trinajstić information content (AvgIpc) is 3.43. The fraction of sp³-hybridized carbons (Fsp3) is 0.409. The third kappa shape index (κ3) is 4.72. The van der Waals surface area contributed by atoms with Gasteiger partial charge in [-0.25, -0.2) is 0 Å². The highest BCUT2D eigenvalue weighted by Crippen LogP contribution is 2.36. The van der Waals surface area contributed by atoms with Crippen molar-refractivity contribution in [1.82, 2.24) is 20.1 Å². The van der Waals surface area contributed by atoms with Crippen LogP contribution in [0.5, 0.6) is 0 Å². The average molecular weight is 411 g/mol. The molecule has 0 spiro atoms. The van der Waals surface area contributed by atoms with Crippen molar-refractivity contribution >= 4 is 17.7 Å². The van der Waals surface area contributed by atoms with Gasteiger partial charge in [0, 0.05) is 12.6 Å². The first-order valence-electron chi connectivity index (χ1n) is 10.2. The number of aromatic nitrogens is 3. The molecule has 0 unspecified atom stereocenters. The predicted molar refractivity (Wildman–Crippen MR) is 113 cm³/mol. The molecule has 0 radical (unpaired) electrons. The van der Waals surface area contributed by atoms with Crippen molar-refractivity contribution in [3.05, 3.63) is 54.3 Å². The van der Waals surface area contributed by atoms with Crippen molar-refractivity contribution in [3.63, 3.8) is 0 Å². The van der Waals surface area contributed by atoms with E-state index in [-0.39, 0.29) is 11.2 Å². The minimum Gasteiger partial charge on any atom is -0.461 e. The van der Waals surface area contributed by atoms with E-state index in [1.807, 2.05) is 49.4 Å². The Kier molecular flexibility index (Phi) is 6.34. The van der Waals surface area contributed by atoms with Crippen LogP contribution in [0.4, 0.5) is 0 Å². The molecule has 4 rings (SSSR count). The first-order chi connectivity index (χ1) is 14.2. The van der Waals surface area contributed by atoms with Crippen LogP contribution in [0.1, 0.15) is 50.6 Å². The second-order valence-electron chi connectivity index (χ2n) is 7.41. The highest BCUT2D eigenvalue weighted by atomic mass is 32.2. The standard InChI is InChI=1S/C22H26N4O2S/c1-16(21(27)23-15-17-9-4-2-5-10-17)29-22-25-24-20(19-13-8-14-28-19)26(22)18-11-6-3-7-12-18/h2,4-5,8-10,13-14,16,18H,3,6-7,11-12,15H2,1H3,(H,23,27)/t16-/m0/s1. The molecule has 1 fully saturated rings.